The number of halogens is 3. The van der Waals surface area contributed by atoms with Crippen molar-refractivity contribution in [2.75, 3.05) is 17.2 Å². The highest BCUT2D eigenvalue weighted by Gasteiger charge is 2.27. The van der Waals surface area contributed by atoms with Gasteiger partial charge in [0.25, 0.3) is 11.8 Å². The highest BCUT2D eigenvalue weighted by molar-refractivity contribution is 6.50. The highest BCUT2D eigenvalue weighted by Crippen LogP contribution is 2.42. The molecule has 0 bridgehead atoms. The lowest BCUT2D eigenvalue weighted by molar-refractivity contribution is -0.118. The lowest BCUT2D eigenvalue weighted by Crippen LogP contribution is -2.24. The number of rotatable bonds is 4. The van der Waals surface area contributed by atoms with Crippen molar-refractivity contribution in [3.8, 4) is 0 Å². The zero-order valence-corrected chi connectivity index (χ0v) is 14.0. The quantitative estimate of drug-likeness (QED) is 0.330. The van der Waals surface area contributed by atoms with Crippen molar-refractivity contribution in [3.05, 3.63) is 32.9 Å². The first-order chi connectivity index (χ1) is 10.5. The molecule has 0 aromatic heterocycles. The molecule has 0 unspecified atom stereocenters. The van der Waals surface area contributed by atoms with Crippen LogP contribution >= 0.6 is 34.8 Å². The van der Waals surface area contributed by atoms with Crippen LogP contribution in [0.4, 0.5) is 11.4 Å². The number of nitrogens with one attached hydrogen (secondary N) is 3. The second-order valence-corrected chi connectivity index (χ2v) is 5.85. The van der Waals surface area contributed by atoms with Gasteiger partial charge in [-0.3, -0.25) is 9.59 Å². The van der Waals surface area contributed by atoms with Gasteiger partial charge in [0.05, 0.1) is 26.4 Å². The third-order valence-corrected chi connectivity index (χ3v) is 4.32. The molecule has 0 saturated heterocycles. The Hall–Kier alpha value is -1.43. The first kappa shape index (κ1) is 16.9. The van der Waals surface area contributed by atoms with Gasteiger partial charge in [-0.05, 0) is 12.5 Å². The summed E-state index contributed by atoms with van der Waals surface area (Å²) in [6.07, 6.45) is 3.33. The summed E-state index contributed by atoms with van der Waals surface area (Å²) in [6, 6.07) is 1.44. The largest absolute Gasteiger partial charge is 0.390 e. The molecule has 0 aliphatic carbocycles. The van der Waals surface area contributed by atoms with E-state index in [0.29, 0.717) is 12.2 Å². The Labute approximate surface area is 143 Å². The summed E-state index contributed by atoms with van der Waals surface area (Å²) in [5.41, 5.74) is 0.483. The molecule has 1 aliphatic rings. The fourth-order valence-corrected chi connectivity index (χ4v) is 2.53. The molecule has 22 heavy (non-hydrogen) atoms. The van der Waals surface area contributed by atoms with Gasteiger partial charge in [0, 0.05) is 12.7 Å². The summed E-state index contributed by atoms with van der Waals surface area (Å²) in [4.78, 5) is 24.3. The molecule has 1 heterocycles. The van der Waals surface area contributed by atoms with E-state index in [1.807, 2.05) is 6.92 Å². The van der Waals surface area contributed by atoms with Crippen molar-refractivity contribution in [2.45, 2.75) is 19.8 Å². The molecule has 0 fully saturated rings. The second kappa shape index (κ2) is 7.22. The first-order valence-electron chi connectivity index (χ1n) is 6.69. The minimum Gasteiger partial charge on any atom is -0.390 e. The van der Waals surface area contributed by atoms with E-state index in [-0.39, 0.29) is 26.3 Å². The van der Waals surface area contributed by atoms with Crippen molar-refractivity contribution < 1.29 is 9.59 Å². The lowest BCUT2D eigenvalue weighted by Gasteiger charge is -2.11. The van der Waals surface area contributed by atoms with Crippen LogP contribution in [-0.4, -0.2) is 18.4 Å². The van der Waals surface area contributed by atoms with E-state index in [1.165, 1.54) is 12.3 Å². The normalized spacial score (nSPS) is 15.9. The number of hydrogen-bond acceptors (Lipinski definition) is 3. The highest BCUT2D eigenvalue weighted by atomic mass is 35.5. The third-order valence-electron chi connectivity index (χ3n) is 3.06. The molecule has 2 amide bonds. The third kappa shape index (κ3) is 3.48. The molecule has 8 heteroatoms. The van der Waals surface area contributed by atoms with Gasteiger partial charge in [0.2, 0.25) is 0 Å². The van der Waals surface area contributed by atoms with Crippen molar-refractivity contribution in [3.63, 3.8) is 0 Å². The monoisotopic (exact) mass is 361 g/mol. The molecule has 118 valence electrons. The molecule has 1 aliphatic heterocycles. The van der Waals surface area contributed by atoms with Gasteiger partial charge in [-0.2, -0.15) is 0 Å². The zero-order chi connectivity index (χ0) is 16.3. The number of amides is 2. The van der Waals surface area contributed by atoms with Crippen LogP contribution in [0.2, 0.25) is 15.1 Å². The molecule has 1 aromatic carbocycles. The Morgan fingerprint density at radius 1 is 1.14 bits per heavy atom. The maximum absolute atomic E-state index is 12.2. The Balaban J connectivity index is 2.32. The lowest BCUT2D eigenvalue weighted by atomic mass is 10.2. The van der Waals surface area contributed by atoms with Crippen LogP contribution in [0.1, 0.15) is 19.8 Å². The summed E-state index contributed by atoms with van der Waals surface area (Å²) >= 11 is 18.0. The number of carbonyl (C=O) groups excluding carboxylic acids is 2. The van der Waals surface area contributed by atoms with Crippen LogP contribution in [0.5, 0.6) is 0 Å². The van der Waals surface area contributed by atoms with Crippen LogP contribution in [0.25, 0.3) is 0 Å². The predicted octanol–water partition coefficient (Wildman–Crippen LogP) is 3.81. The van der Waals surface area contributed by atoms with E-state index in [1.54, 1.807) is 0 Å². The standard InChI is InChI=1S/C14H14Cl3N3O2/c1-2-3-4-18-6-7-13(21)19-9-5-8(15)10(16)11(17)12(9)20-14(7)22/h5-6,18H,2-4H2,1H3,(H,19,21)(H,20,22). The number of unbranched alkanes of at least 4 members (excludes halogenated alkanes) is 1. The summed E-state index contributed by atoms with van der Waals surface area (Å²) in [6.45, 7) is 2.72. The fraction of sp³-hybridized carbons (Fsp3) is 0.286. The first-order valence-corrected chi connectivity index (χ1v) is 7.82. The molecule has 3 N–H and O–H groups in total. The van der Waals surface area contributed by atoms with Gasteiger partial charge in [0.15, 0.2) is 0 Å². The fourth-order valence-electron chi connectivity index (χ4n) is 1.87. The van der Waals surface area contributed by atoms with Crippen molar-refractivity contribution >= 4 is 58.0 Å². The van der Waals surface area contributed by atoms with Crippen LogP contribution < -0.4 is 16.0 Å². The van der Waals surface area contributed by atoms with Gasteiger partial charge in [-0.15, -0.1) is 0 Å². The summed E-state index contributed by atoms with van der Waals surface area (Å²) in [5, 5.41) is 8.49. The minimum absolute atomic E-state index is 0.0457. The van der Waals surface area contributed by atoms with Crippen molar-refractivity contribution in [1.29, 1.82) is 0 Å². The Kier molecular flexibility index (Phi) is 5.56. The van der Waals surface area contributed by atoms with Crippen LogP contribution in [0.15, 0.2) is 17.8 Å². The SMILES string of the molecule is CCCCNC=C1C(=O)Nc2cc(Cl)c(Cl)c(Cl)c2NC1=O. The number of fused-ring (bicyclic) bond motifs is 1. The molecule has 0 radical (unpaired) electrons. The number of carbonyl (C=O) groups is 2. The molecule has 0 atom stereocenters. The molecular formula is C14H14Cl3N3O2. The summed E-state index contributed by atoms with van der Waals surface area (Å²) in [7, 11) is 0. The van der Waals surface area contributed by atoms with E-state index < -0.39 is 11.8 Å². The molecule has 2 rings (SSSR count). The Bertz CT molecular complexity index is 659. The van der Waals surface area contributed by atoms with E-state index in [4.69, 9.17) is 34.8 Å². The summed E-state index contributed by atoms with van der Waals surface area (Å²) < 4.78 is 0. The second-order valence-electron chi connectivity index (χ2n) is 4.68. The van der Waals surface area contributed by atoms with E-state index in [2.05, 4.69) is 16.0 Å². The van der Waals surface area contributed by atoms with Crippen LogP contribution in [-0.2, 0) is 9.59 Å². The average Bonchev–Trinajstić information content (AvgIpc) is 2.59. The van der Waals surface area contributed by atoms with Crippen LogP contribution in [0.3, 0.4) is 0 Å². The average molecular weight is 363 g/mol. The number of hydrogen-bond donors (Lipinski definition) is 3. The summed E-state index contributed by atoms with van der Waals surface area (Å²) in [5.74, 6) is -1.12. The van der Waals surface area contributed by atoms with Crippen molar-refractivity contribution in [1.82, 2.24) is 5.32 Å². The van der Waals surface area contributed by atoms with Gasteiger partial charge < -0.3 is 16.0 Å². The Morgan fingerprint density at radius 3 is 2.50 bits per heavy atom. The van der Waals surface area contributed by atoms with Gasteiger partial charge in [0.1, 0.15) is 5.57 Å². The van der Waals surface area contributed by atoms with E-state index >= 15 is 0 Å². The number of anilines is 2. The predicted molar refractivity (Wildman–Crippen MR) is 89.7 cm³/mol. The molecule has 1 aromatic rings. The number of benzene rings is 1. The van der Waals surface area contributed by atoms with E-state index in [0.717, 1.165) is 12.8 Å². The van der Waals surface area contributed by atoms with Crippen LogP contribution in [0, 0.1) is 0 Å². The maximum atomic E-state index is 12.2. The van der Waals surface area contributed by atoms with Gasteiger partial charge >= 0.3 is 0 Å². The minimum atomic E-state index is -0.569. The smallest absolute Gasteiger partial charge is 0.262 e. The Morgan fingerprint density at radius 2 is 1.82 bits per heavy atom. The molecule has 0 saturated carbocycles. The zero-order valence-electron chi connectivity index (χ0n) is 11.7. The molecular weight excluding hydrogens is 349 g/mol. The maximum Gasteiger partial charge on any atom is 0.262 e. The van der Waals surface area contributed by atoms with Gasteiger partial charge in [-0.25, -0.2) is 0 Å². The molecule has 0 spiro atoms. The van der Waals surface area contributed by atoms with E-state index in [9.17, 15) is 9.59 Å². The van der Waals surface area contributed by atoms with Gasteiger partial charge in [-0.1, -0.05) is 48.1 Å². The molecule has 5 nitrogen and oxygen atoms in total. The van der Waals surface area contributed by atoms with Crippen molar-refractivity contribution in [2.24, 2.45) is 0 Å². The topological polar surface area (TPSA) is 70.2 Å².